The summed E-state index contributed by atoms with van der Waals surface area (Å²) in [5.41, 5.74) is -3.44. The molecule has 1 atom stereocenters. The highest BCUT2D eigenvalue weighted by molar-refractivity contribution is 5.37. The van der Waals surface area contributed by atoms with Crippen molar-refractivity contribution in [3.8, 4) is 0 Å². The van der Waals surface area contributed by atoms with Gasteiger partial charge in [0.25, 0.3) is 0 Å². The monoisotopic (exact) mass is 312 g/mol. The van der Waals surface area contributed by atoms with Gasteiger partial charge in [0.1, 0.15) is 11.9 Å². The van der Waals surface area contributed by atoms with E-state index in [-0.39, 0.29) is 18.4 Å². The molecule has 1 unspecified atom stereocenters. The molecule has 21 heavy (non-hydrogen) atoms. The Labute approximate surface area is 115 Å². The largest absolute Gasteiger partial charge is 0.495 e. The van der Waals surface area contributed by atoms with Gasteiger partial charge in [0.2, 0.25) is 0 Å². The Bertz CT molecular complexity index is 527. The molecular weight excluding hydrogens is 302 g/mol. The lowest BCUT2D eigenvalue weighted by Gasteiger charge is -2.18. The van der Waals surface area contributed by atoms with Crippen molar-refractivity contribution in [3.05, 3.63) is 46.7 Å². The number of rotatable bonds is 2. The Morgan fingerprint density at radius 3 is 1.86 bits per heavy atom. The summed E-state index contributed by atoms with van der Waals surface area (Å²) in [6.45, 7) is 0.234. The fourth-order valence-electron chi connectivity index (χ4n) is 1.93. The van der Waals surface area contributed by atoms with Gasteiger partial charge >= 0.3 is 12.4 Å². The van der Waals surface area contributed by atoms with Gasteiger partial charge in [-0.25, -0.2) is 0 Å². The number of alkyl halides is 6. The van der Waals surface area contributed by atoms with Crippen LogP contribution >= 0.6 is 0 Å². The van der Waals surface area contributed by atoms with E-state index in [1.54, 1.807) is 0 Å². The van der Waals surface area contributed by atoms with E-state index in [1.165, 1.54) is 6.08 Å². The summed E-state index contributed by atoms with van der Waals surface area (Å²) in [6.07, 6.45) is -9.67. The first kappa shape index (κ1) is 15.7. The topological polar surface area (TPSA) is 29.5 Å². The Balaban J connectivity index is 2.49. The molecule has 1 aromatic carbocycles. The van der Waals surface area contributed by atoms with Crippen molar-refractivity contribution in [2.24, 2.45) is 0 Å². The van der Waals surface area contributed by atoms with Gasteiger partial charge in [-0.15, -0.1) is 0 Å². The summed E-state index contributed by atoms with van der Waals surface area (Å²) in [6, 6.07) is 0.991. The van der Waals surface area contributed by atoms with E-state index in [0.717, 1.165) is 0 Å². The maximum atomic E-state index is 12.7. The average molecular weight is 312 g/mol. The Morgan fingerprint density at radius 1 is 0.952 bits per heavy atom. The first-order valence-electron chi connectivity index (χ1n) is 5.89. The molecule has 1 aromatic rings. The molecule has 0 fully saturated rings. The Hall–Kier alpha value is -1.70. The third kappa shape index (κ3) is 3.49. The van der Waals surface area contributed by atoms with Crippen LogP contribution in [0.4, 0.5) is 26.3 Å². The predicted molar refractivity (Wildman–Crippen MR) is 60.1 cm³/mol. The molecule has 1 aliphatic rings. The van der Waals surface area contributed by atoms with E-state index in [0.29, 0.717) is 18.6 Å². The van der Waals surface area contributed by atoms with Crippen molar-refractivity contribution in [1.29, 1.82) is 0 Å². The fourth-order valence-corrected chi connectivity index (χ4v) is 1.93. The predicted octanol–water partition coefficient (Wildman–Crippen LogP) is 4.06. The third-order valence-corrected chi connectivity index (χ3v) is 2.93. The number of aliphatic hydroxyl groups excluding tert-OH is 1. The summed E-state index contributed by atoms with van der Waals surface area (Å²) < 4.78 is 81.1. The van der Waals surface area contributed by atoms with Crippen molar-refractivity contribution < 1.29 is 36.2 Å². The standard InChI is InChI=1S/C13H10F6O2/c14-12(15,16)8-4-7(5-9(6-8)13(17,18)19)11(20)10-2-1-3-21-10/h2,4-6,11,20H,1,3H2. The van der Waals surface area contributed by atoms with Gasteiger partial charge in [-0.05, 0) is 29.8 Å². The highest BCUT2D eigenvalue weighted by Crippen LogP contribution is 2.38. The summed E-state index contributed by atoms with van der Waals surface area (Å²) >= 11 is 0. The third-order valence-electron chi connectivity index (χ3n) is 2.93. The van der Waals surface area contributed by atoms with E-state index in [1.807, 2.05) is 0 Å². The molecule has 0 amide bonds. The van der Waals surface area contributed by atoms with Crippen molar-refractivity contribution in [1.82, 2.24) is 0 Å². The maximum Gasteiger partial charge on any atom is 0.416 e. The fraction of sp³-hybridized carbons (Fsp3) is 0.385. The minimum Gasteiger partial charge on any atom is -0.495 e. The molecule has 8 heteroatoms. The van der Waals surface area contributed by atoms with Crippen molar-refractivity contribution >= 4 is 0 Å². The molecule has 0 aliphatic carbocycles. The lowest BCUT2D eigenvalue weighted by atomic mass is 10.00. The van der Waals surface area contributed by atoms with Gasteiger partial charge < -0.3 is 9.84 Å². The maximum absolute atomic E-state index is 12.7. The van der Waals surface area contributed by atoms with Crippen LogP contribution in [0, 0.1) is 0 Å². The molecular formula is C13H10F6O2. The molecule has 1 N–H and O–H groups in total. The molecule has 0 bridgehead atoms. The first-order valence-corrected chi connectivity index (χ1v) is 5.89. The van der Waals surface area contributed by atoms with Crippen LogP contribution in [0.2, 0.25) is 0 Å². The van der Waals surface area contributed by atoms with Crippen LogP contribution in [0.5, 0.6) is 0 Å². The van der Waals surface area contributed by atoms with E-state index in [4.69, 9.17) is 4.74 Å². The molecule has 0 radical (unpaired) electrons. The zero-order valence-corrected chi connectivity index (χ0v) is 10.4. The van der Waals surface area contributed by atoms with Crippen molar-refractivity contribution in [2.45, 2.75) is 24.9 Å². The minimum absolute atomic E-state index is 0.0140. The quantitative estimate of drug-likeness (QED) is 0.835. The van der Waals surface area contributed by atoms with Crippen LogP contribution in [-0.2, 0) is 17.1 Å². The van der Waals surface area contributed by atoms with Crippen LogP contribution in [0.25, 0.3) is 0 Å². The second-order valence-corrected chi connectivity index (χ2v) is 4.49. The molecule has 2 rings (SSSR count). The lowest BCUT2D eigenvalue weighted by molar-refractivity contribution is -0.143. The highest BCUT2D eigenvalue weighted by Gasteiger charge is 2.37. The molecule has 116 valence electrons. The normalized spacial score (nSPS) is 17.4. The van der Waals surface area contributed by atoms with Crippen LogP contribution in [0.15, 0.2) is 30.0 Å². The average Bonchev–Trinajstić information content (AvgIpc) is 2.89. The van der Waals surface area contributed by atoms with Gasteiger partial charge in [0, 0.05) is 6.42 Å². The van der Waals surface area contributed by atoms with Gasteiger partial charge in [-0.2, -0.15) is 26.3 Å². The summed E-state index contributed by atoms with van der Waals surface area (Å²) in [5, 5.41) is 9.87. The van der Waals surface area contributed by atoms with Crippen LogP contribution in [0.3, 0.4) is 0 Å². The molecule has 1 heterocycles. The molecule has 1 aliphatic heterocycles. The van der Waals surface area contributed by atoms with E-state index in [9.17, 15) is 31.4 Å². The molecule has 0 aromatic heterocycles. The Morgan fingerprint density at radius 2 is 1.48 bits per heavy atom. The lowest BCUT2D eigenvalue weighted by Crippen LogP contribution is -2.13. The minimum atomic E-state index is -4.94. The summed E-state index contributed by atoms with van der Waals surface area (Å²) in [4.78, 5) is 0. The van der Waals surface area contributed by atoms with E-state index >= 15 is 0 Å². The summed E-state index contributed by atoms with van der Waals surface area (Å²) in [7, 11) is 0. The van der Waals surface area contributed by atoms with Crippen LogP contribution < -0.4 is 0 Å². The van der Waals surface area contributed by atoms with Gasteiger partial charge in [0.15, 0.2) is 0 Å². The van der Waals surface area contributed by atoms with E-state index < -0.39 is 35.1 Å². The number of hydrogen-bond donors (Lipinski definition) is 1. The first-order chi connectivity index (χ1) is 9.59. The van der Waals surface area contributed by atoms with Gasteiger partial charge in [-0.3, -0.25) is 0 Å². The van der Waals surface area contributed by atoms with Crippen LogP contribution in [0.1, 0.15) is 29.2 Å². The number of hydrogen-bond acceptors (Lipinski definition) is 2. The Kier molecular flexibility index (Phi) is 3.92. The summed E-state index contributed by atoms with van der Waals surface area (Å²) in [5.74, 6) is -0.0394. The van der Waals surface area contributed by atoms with E-state index in [2.05, 4.69) is 0 Å². The van der Waals surface area contributed by atoms with Crippen molar-refractivity contribution in [3.63, 3.8) is 0 Å². The zero-order chi connectivity index (χ0) is 15.8. The smallest absolute Gasteiger partial charge is 0.416 e. The number of aliphatic hydroxyl groups is 1. The SMILES string of the molecule is OC(C1=CCCO1)c1cc(C(F)(F)F)cc(C(F)(F)F)c1. The molecule has 0 spiro atoms. The molecule has 0 saturated carbocycles. The molecule has 2 nitrogen and oxygen atoms in total. The van der Waals surface area contributed by atoms with Crippen molar-refractivity contribution in [2.75, 3.05) is 6.61 Å². The second-order valence-electron chi connectivity index (χ2n) is 4.49. The van der Waals surface area contributed by atoms with Crippen LogP contribution in [-0.4, -0.2) is 11.7 Å². The number of benzene rings is 1. The number of ether oxygens (including phenoxy) is 1. The van der Waals surface area contributed by atoms with Gasteiger partial charge in [0.05, 0.1) is 17.7 Å². The second kappa shape index (κ2) is 5.25. The van der Waals surface area contributed by atoms with Gasteiger partial charge in [-0.1, -0.05) is 0 Å². The highest BCUT2D eigenvalue weighted by atomic mass is 19.4. The number of halogens is 6. The molecule has 0 saturated heterocycles. The zero-order valence-electron chi connectivity index (χ0n) is 10.4.